The molecule has 0 fully saturated rings. The molecule has 1 aliphatic rings. The van der Waals surface area contributed by atoms with Crippen molar-refractivity contribution in [2.45, 2.75) is 5.88 Å². The minimum Gasteiger partial charge on any atom is -0.398 e. The van der Waals surface area contributed by atoms with Crippen molar-refractivity contribution in [2.75, 3.05) is 11.5 Å². The summed E-state index contributed by atoms with van der Waals surface area (Å²) >= 11 is 5.79. The zero-order chi connectivity index (χ0) is 14.4. The highest BCUT2D eigenvalue weighted by molar-refractivity contribution is 6.32. The molecule has 0 radical (unpaired) electrons. The monoisotopic (exact) mass is 286 g/mol. The number of carbonyl (C=O) groups is 2. The molecule has 0 unspecified atom stereocenters. The molecular weight excluding hydrogens is 276 g/mol. The largest absolute Gasteiger partial charge is 0.398 e. The Morgan fingerprint density at radius 2 is 1.60 bits per heavy atom. The van der Waals surface area contributed by atoms with Crippen molar-refractivity contribution in [3.05, 3.63) is 58.1 Å². The normalized spacial score (nSPS) is 13.1. The van der Waals surface area contributed by atoms with E-state index >= 15 is 0 Å². The van der Waals surface area contributed by atoms with E-state index in [1.54, 1.807) is 30.3 Å². The maximum Gasteiger partial charge on any atom is 0.198 e. The third-order valence-electron chi connectivity index (χ3n) is 3.52. The third-order valence-corrected chi connectivity index (χ3v) is 3.81. The van der Waals surface area contributed by atoms with Gasteiger partial charge in [-0.3, -0.25) is 9.59 Å². The number of nitrogen functional groups attached to an aromatic ring is 2. The van der Waals surface area contributed by atoms with Crippen LogP contribution in [-0.4, -0.2) is 11.6 Å². The number of ketones is 2. The smallest absolute Gasteiger partial charge is 0.198 e. The van der Waals surface area contributed by atoms with Crippen molar-refractivity contribution in [1.82, 2.24) is 0 Å². The van der Waals surface area contributed by atoms with E-state index in [1.807, 2.05) is 0 Å². The summed E-state index contributed by atoms with van der Waals surface area (Å²) < 4.78 is 0. The lowest BCUT2D eigenvalue weighted by atomic mass is 9.81. The molecule has 20 heavy (non-hydrogen) atoms. The predicted molar refractivity (Wildman–Crippen MR) is 78.1 cm³/mol. The Kier molecular flexibility index (Phi) is 2.76. The van der Waals surface area contributed by atoms with Crippen LogP contribution in [0.15, 0.2) is 30.3 Å². The Morgan fingerprint density at radius 3 is 2.30 bits per heavy atom. The molecule has 0 saturated carbocycles. The van der Waals surface area contributed by atoms with Gasteiger partial charge < -0.3 is 11.5 Å². The van der Waals surface area contributed by atoms with Crippen LogP contribution in [-0.2, 0) is 5.88 Å². The van der Waals surface area contributed by atoms with Crippen molar-refractivity contribution in [3.63, 3.8) is 0 Å². The Labute approximate surface area is 120 Å². The van der Waals surface area contributed by atoms with Crippen LogP contribution in [0.3, 0.4) is 0 Å². The topological polar surface area (TPSA) is 86.2 Å². The lowest BCUT2D eigenvalue weighted by Gasteiger charge is -2.21. The van der Waals surface area contributed by atoms with Gasteiger partial charge in [0.1, 0.15) is 0 Å². The first-order valence-electron chi connectivity index (χ1n) is 6.01. The molecule has 4 N–H and O–H groups in total. The van der Waals surface area contributed by atoms with E-state index in [-0.39, 0.29) is 39.9 Å². The first-order valence-corrected chi connectivity index (χ1v) is 6.55. The van der Waals surface area contributed by atoms with Gasteiger partial charge in [-0.2, -0.15) is 0 Å². The summed E-state index contributed by atoms with van der Waals surface area (Å²) in [6, 6.07) is 8.11. The van der Waals surface area contributed by atoms with Crippen molar-refractivity contribution >= 4 is 34.5 Å². The molecule has 0 heterocycles. The summed E-state index contributed by atoms with van der Waals surface area (Å²) in [5.74, 6) is -0.385. The maximum absolute atomic E-state index is 12.6. The fourth-order valence-corrected chi connectivity index (χ4v) is 2.73. The van der Waals surface area contributed by atoms with Crippen molar-refractivity contribution in [3.8, 4) is 0 Å². The number of rotatable bonds is 1. The molecule has 4 nitrogen and oxygen atoms in total. The van der Waals surface area contributed by atoms with Gasteiger partial charge >= 0.3 is 0 Å². The van der Waals surface area contributed by atoms with Crippen molar-refractivity contribution < 1.29 is 9.59 Å². The Hall–Kier alpha value is -2.33. The number of alkyl halides is 1. The summed E-state index contributed by atoms with van der Waals surface area (Å²) in [6.07, 6.45) is 0. The first-order chi connectivity index (χ1) is 9.56. The number of fused-ring (bicyclic) bond motifs is 2. The van der Waals surface area contributed by atoms with Crippen molar-refractivity contribution in [1.29, 1.82) is 0 Å². The minimum atomic E-state index is -0.322. The van der Waals surface area contributed by atoms with Gasteiger partial charge in [-0.05, 0) is 17.7 Å². The van der Waals surface area contributed by atoms with E-state index in [1.165, 1.54) is 0 Å². The zero-order valence-electron chi connectivity index (χ0n) is 10.4. The van der Waals surface area contributed by atoms with E-state index < -0.39 is 0 Å². The number of anilines is 2. The maximum atomic E-state index is 12.6. The Bertz CT molecular complexity index is 769. The van der Waals surface area contributed by atoms with E-state index in [2.05, 4.69) is 0 Å². The van der Waals surface area contributed by atoms with E-state index in [0.29, 0.717) is 16.7 Å². The Balaban J connectivity index is 2.36. The average Bonchev–Trinajstić information content (AvgIpc) is 2.44. The highest BCUT2D eigenvalue weighted by Crippen LogP contribution is 2.35. The zero-order valence-corrected chi connectivity index (χ0v) is 11.2. The second-order valence-electron chi connectivity index (χ2n) is 4.62. The second-order valence-corrected chi connectivity index (χ2v) is 4.89. The van der Waals surface area contributed by atoms with Crippen LogP contribution in [0.5, 0.6) is 0 Å². The van der Waals surface area contributed by atoms with Crippen LogP contribution in [0.2, 0.25) is 0 Å². The summed E-state index contributed by atoms with van der Waals surface area (Å²) in [5.41, 5.74) is 14.0. The fourth-order valence-electron chi connectivity index (χ4n) is 2.50. The SMILES string of the molecule is Nc1cccc2c1C(=O)c1c(ccc(CCl)c1N)C2=O. The molecular formula is C15H11ClN2O2. The van der Waals surface area contributed by atoms with Gasteiger partial charge in [0, 0.05) is 28.4 Å². The van der Waals surface area contributed by atoms with E-state index in [9.17, 15) is 9.59 Å². The number of hydrogen-bond donors (Lipinski definition) is 2. The van der Waals surface area contributed by atoms with Gasteiger partial charge in [0.05, 0.1) is 11.1 Å². The molecule has 0 amide bonds. The van der Waals surface area contributed by atoms with E-state index in [0.717, 1.165) is 0 Å². The summed E-state index contributed by atoms with van der Waals surface area (Å²) in [5, 5.41) is 0. The van der Waals surface area contributed by atoms with Crippen molar-refractivity contribution in [2.24, 2.45) is 0 Å². The molecule has 0 bridgehead atoms. The standard InChI is InChI=1S/C15H11ClN2O2/c16-6-7-4-5-9-12(13(7)18)15(20)11-8(14(9)19)2-1-3-10(11)17/h1-5H,6,17-18H2. The number of carbonyl (C=O) groups excluding carboxylic acids is 2. The molecule has 0 aromatic heterocycles. The molecule has 100 valence electrons. The summed E-state index contributed by atoms with van der Waals surface area (Å²) in [6.45, 7) is 0. The second kappa shape index (κ2) is 4.35. The molecule has 0 saturated heterocycles. The number of benzene rings is 2. The van der Waals surface area contributed by atoms with Crippen LogP contribution >= 0.6 is 11.6 Å². The van der Waals surface area contributed by atoms with Gasteiger partial charge in [0.25, 0.3) is 0 Å². The number of halogens is 1. The molecule has 3 rings (SSSR count). The molecule has 0 aliphatic heterocycles. The Morgan fingerprint density at radius 1 is 0.900 bits per heavy atom. The highest BCUT2D eigenvalue weighted by atomic mass is 35.5. The molecule has 5 heteroatoms. The first kappa shape index (κ1) is 12.7. The highest BCUT2D eigenvalue weighted by Gasteiger charge is 2.33. The average molecular weight is 287 g/mol. The fraction of sp³-hybridized carbons (Fsp3) is 0.0667. The van der Waals surface area contributed by atoms with Gasteiger partial charge in [0.15, 0.2) is 11.6 Å². The summed E-state index contributed by atoms with van der Waals surface area (Å²) in [7, 11) is 0. The molecule has 2 aromatic carbocycles. The molecule has 0 spiro atoms. The van der Waals surface area contributed by atoms with Gasteiger partial charge in [0.2, 0.25) is 0 Å². The van der Waals surface area contributed by atoms with Crippen LogP contribution in [0.25, 0.3) is 0 Å². The number of nitrogens with two attached hydrogens (primary N) is 2. The molecule has 0 atom stereocenters. The van der Waals surface area contributed by atoms with Gasteiger partial charge in [-0.25, -0.2) is 0 Å². The molecule has 2 aromatic rings. The van der Waals surface area contributed by atoms with Gasteiger partial charge in [-0.1, -0.05) is 18.2 Å². The number of hydrogen-bond acceptors (Lipinski definition) is 4. The lowest BCUT2D eigenvalue weighted by Crippen LogP contribution is -2.24. The quantitative estimate of drug-likeness (QED) is 0.531. The van der Waals surface area contributed by atoms with Crippen LogP contribution in [0, 0.1) is 0 Å². The van der Waals surface area contributed by atoms with Gasteiger partial charge in [-0.15, -0.1) is 11.6 Å². The van der Waals surface area contributed by atoms with Crippen LogP contribution in [0.1, 0.15) is 37.4 Å². The van der Waals surface area contributed by atoms with Crippen LogP contribution < -0.4 is 11.5 Å². The predicted octanol–water partition coefficient (Wildman–Crippen LogP) is 2.37. The lowest BCUT2D eigenvalue weighted by molar-refractivity contribution is 0.0980. The minimum absolute atomic E-state index is 0.178. The summed E-state index contributed by atoms with van der Waals surface area (Å²) in [4.78, 5) is 25.1. The molecule has 1 aliphatic carbocycles. The third kappa shape index (κ3) is 1.55. The van der Waals surface area contributed by atoms with E-state index in [4.69, 9.17) is 23.1 Å². The van der Waals surface area contributed by atoms with Crippen LogP contribution in [0.4, 0.5) is 11.4 Å².